The fourth-order valence-electron chi connectivity index (χ4n) is 7.05. The highest BCUT2D eigenvalue weighted by molar-refractivity contribution is 6.02. The lowest BCUT2D eigenvalue weighted by Gasteiger charge is -2.26. The highest BCUT2D eigenvalue weighted by Crippen LogP contribution is 2.42. The number of hydrogen-bond acceptors (Lipinski definition) is 2. The minimum absolute atomic E-state index is 0.511. The van der Waals surface area contributed by atoms with Gasteiger partial charge in [-0.25, -0.2) is 0 Å². The molecule has 0 bridgehead atoms. The summed E-state index contributed by atoms with van der Waals surface area (Å²) in [5.41, 5.74) is 14.2. The Balaban J connectivity index is 1.08. The number of fused-ring (bicyclic) bond motifs is 1. The predicted molar refractivity (Wildman–Crippen MR) is 218 cm³/mol. The van der Waals surface area contributed by atoms with Crippen LogP contribution in [0.15, 0.2) is 217 Å². The van der Waals surface area contributed by atoms with Crippen LogP contribution >= 0.6 is 0 Å². The maximum Gasteiger partial charge on any atom is 0.143 e. The van der Waals surface area contributed by atoms with Gasteiger partial charge in [0.05, 0.1) is 1.37 Å². The number of furan rings is 1. The Bertz CT molecular complexity index is 2630. The molecule has 9 aromatic rings. The van der Waals surface area contributed by atoms with Crippen LogP contribution in [0.25, 0.3) is 66.8 Å². The second kappa shape index (κ2) is 13.8. The Hall–Kier alpha value is -6.90. The molecule has 2 heteroatoms. The Kier molecular flexibility index (Phi) is 7.94. The Morgan fingerprint density at radius 3 is 1.35 bits per heavy atom. The average Bonchev–Trinajstić information content (AvgIpc) is 3.63. The van der Waals surface area contributed by atoms with Gasteiger partial charge in [0.2, 0.25) is 0 Å². The molecule has 52 heavy (non-hydrogen) atoms. The van der Waals surface area contributed by atoms with Gasteiger partial charge < -0.3 is 9.32 Å². The van der Waals surface area contributed by atoms with Crippen LogP contribution in [0, 0.1) is 0 Å². The molecule has 0 fully saturated rings. The van der Waals surface area contributed by atoms with Gasteiger partial charge in [-0.15, -0.1) is 0 Å². The van der Waals surface area contributed by atoms with Gasteiger partial charge in [0.1, 0.15) is 11.3 Å². The van der Waals surface area contributed by atoms with Crippen LogP contribution in [0.2, 0.25) is 0 Å². The second-order valence-corrected chi connectivity index (χ2v) is 12.9. The molecule has 0 amide bonds. The molecule has 1 heterocycles. The van der Waals surface area contributed by atoms with E-state index in [2.05, 4.69) is 163 Å². The number of nitrogens with zero attached hydrogens (tertiary/aromatic N) is 1. The van der Waals surface area contributed by atoms with E-state index in [1.54, 1.807) is 0 Å². The molecule has 9 rings (SSSR count). The van der Waals surface area contributed by atoms with Crippen molar-refractivity contribution in [3.8, 4) is 55.8 Å². The number of benzene rings is 8. The normalized spacial score (nSPS) is 11.3. The van der Waals surface area contributed by atoms with E-state index in [1.807, 2.05) is 48.5 Å². The van der Waals surface area contributed by atoms with Gasteiger partial charge in [-0.3, -0.25) is 0 Å². The van der Waals surface area contributed by atoms with Crippen molar-refractivity contribution in [2.24, 2.45) is 0 Å². The van der Waals surface area contributed by atoms with E-state index in [-0.39, 0.29) is 0 Å². The van der Waals surface area contributed by atoms with Crippen LogP contribution < -0.4 is 4.90 Å². The summed E-state index contributed by atoms with van der Waals surface area (Å²) in [5.74, 6) is 0.875. The highest BCUT2D eigenvalue weighted by Gasteiger charge is 2.18. The Morgan fingerprint density at radius 1 is 0.346 bits per heavy atom. The molecule has 1 aromatic heterocycles. The summed E-state index contributed by atoms with van der Waals surface area (Å²) in [6.45, 7) is 0. The smallest absolute Gasteiger partial charge is 0.143 e. The average molecular weight is 667 g/mol. The molecule has 246 valence electrons. The van der Waals surface area contributed by atoms with E-state index >= 15 is 0 Å². The summed E-state index contributed by atoms with van der Waals surface area (Å²) in [7, 11) is 0. The minimum atomic E-state index is 0.511. The first-order chi connectivity index (χ1) is 26.2. The van der Waals surface area contributed by atoms with E-state index in [4.69, 9.17) is 5.79 Å². The van der Waals surface area contributed by atoms with E-state index in [0.717, 1.165) is 72.7 Å². The number of para-hydroxylation sites is 1. The third kappa shape index (κ3) is 6.08. The maximum absolute atomic E-state index is 7.88. The van der Waals surface area contributed by atoms with Gasteiger partial charge in [-0.2, -0.15) is 0 Å². The number of rotatable bonds is 8. The second-order valence-electron chi connectivity index (χ2n) is 12.9. The zero-order valence-electron chi connectivity index (χ0n) is 29.5. The first kappa shape index (κ1) is 30.0. The number of anilines is 3. The fraction of sp³-hybridized carbons (Fsp3) is 0. The third-order valence-corrected chi connectivity index (χ3v) is 9.65. The van der Waals surface area contributed by atoms with Gasteiger partial charge in [-0.1, -0.05) is 164 Å². The molecule has 0 saturated heterocycles. The Morgan fingerprint density at radius 2 is 0.769 bits per heavy atom. The van der Waals surface area contributed by atoms with Crippen molar-refractivity contribution in [2.45, 2.75) is 0 Å². The topological polar surface area (TPSA) is 16.4 Å². The van der Waals surface area contributed by atoms with Gasteiger partial charge in [0.15, 0.2) is 0 Å². The largest absolute Gasteiger partial charge is 0.455 e. The fourth-order valence-corrected chi connectivity index (χ4v) is 7.05. The van der Waals surface area contributed by atoms with Crippen LogP contribution in [0.3, 0.4) is 0 Å². The summed E-state index contributed by atoms with van der Waals surface area (Å²) in [6.07, 6.45) is 0. The van der Waals surface area contributed by atoms with E-state index in [9.17, 15) is 0 Å². The van der Waals surface area contributed by atoms with Crippen LogP contribution in [-0.2, 0) is 0 Å². The molecular weight excluding hydrogens is 631 g/mol. The van der Waals surface area contributed by atoms with E-state index in [1.165, 1.54) is 11.1 Å². The maximum atomic E-state index is 7.88. The zero-order chi connectivity index (χ0) is 35.6. The van der Waals surface area contributed by atoms with Gasteiger partial charge in [-0.05, 0) is 87.5 Å². The van der Waals surface area contributed by atoms with Gasteiger partial charge in [0.25, 0.3) is 0 Å². The summed E-state index contributed by atoms with van der Waals surface area (Å²) in [6, 6.07) is 72.3. The molecule has 0 aliphatic carbocycles. The van der Waals surface area contributed by atoms with Crippen LogP contribution in [0.4, 0.5) is 17.1 Å². The standard InChI is InChI=1S/C50H35NO/c1-4-13-36(14-5-1)38-23-29-44(30-24-38)51(45-31-25-39(26-32-45)37-15-6-2-7-16-37)46-33-27-40(28-34-46)42-19-12-20-43(35-42)50-49(41-17-8-3-9-18-41)47-21-10-11-22-48(47)52-50/h1-35H/i1D. The first-order valence-electron chi connectivity index (χ1n) is 18.1. The first-order valence-corrected chi connectivity index (χ1v) is 17.6. The van der Waals surface area contributed by atoms with Crippen molar-refractivity contribution in [1.82, 2.24) is 0 Å². The zero-order valence-corrected chi connectivity index (χ0v) is 28.5. The van der Waals surface area contributed by atoms with Crippen molar-refractivity contribution >= 4 is 28.0 Å². The molecule has 0 aliphatic rings. The molecule has 0 atom stereocenters. The molecule has 0 radical (unpaired) electrons. The molecule has 0 unspecified atom stereocenters. The summed E-state index contributed by atoms with van der Waals surface area (Å²) in [4.78, 5) is 2.30. The lowest BCUT2D eigenvalue weighted by atomic mass is 9.96. The Labute approximate surface area is 305 Å². The number of hydrogen-bond donors (Lipinski definition) is 0. The molecular formula is C50H35NO. The predicted octanol–water partition coefficient (Wildman–Crippen LogP) is 14.2. The van der Waals surface area contributed by atoms with Crippen LogP contribution in [0.1, 0.15) is 1.37 Å². The molecule has 2 nitrogen and oxygen atoms in total. The highest BCUT2D eigenvalue weighted by atomic mass is 16.3. The lowest BCUT2D eigenvalue weighted by molar-refractivity contribution is 0.632. The van der Waals surface area contributed by atoms with E-state index in [0.29, 0.717) is 6.04 Å². The van der Waals surface area contributed by atoms with Crippen molar-refractivity contribution in [1.29, 1.82) is 0 Å². The molecule has 0 spiro atoms. The van der Waals surface area contributed by atoms with Crippen molar-refractivity contribution < 1.29 is 5.79 Å². The third-order valence-electron chi connectivity index (χ3n) is 9.65. The molecule has 0 aliphatic heterocycles. The van der Waals surface area contributed by atoms with Crippen LogP contribution in [-0.4, -0.2) is 0 Å². The molecule has 0 N–H and O–H groups in total. The molecule has 0 saturated carbocycles. The van der Waals surface area contributed by atoms with Crippen molar-refractivity contribution in [3.63, 3.8) is 0 Å². The lowest BCUT2D eigenvalue weighted by Crippen LogP contribution is -2.09. The minimum Gasteiger partial charge on any atom is -0.455 e. The monoisotopic (exact) mass is 666 g/mol. The summed E-state index contributed by atoms with van der Waals surface area (Å²) < 4.78 is 14.4. The van der Waals surface area contributed by atoms with Gasteiger partial charge >= 0.3 is 0 Å². The van der Waals surface area contributed by atoms with E-state index < -0.39 is 0 Å². The van der Waals surface area contributed by atoms with Crippen molar-refractivity contribution in [2.75, 3.05) is 4.90 Å². The van der Waals surface area contributed by atoms with Crippen molar-refractivity contribution in [3.05, 3.63) is 212 Å². The quantitative estimate of drug-likeness (QED) is 0.160. The van der Waals surface area contributed by atoms with Gasteiger partial charge in [0, 0.05) is 33.6 Å². The summed E-state index contributed by atoms with van der Waals surface area (Å²) >= 11 is 0. The molecule has 8 aromatic carbocycles. The summed E-state index contributed by atoms with van der Waals surface area (Å²) in [5, 5.41) is 1.11. The SMILES string of the molecule is [2H]c1ccc(-c2ccc(N(c3ccc(-c4ccccc4)cc3)c3ccc(-c4cccc(-c5oc6ccccc6c5-c5ccccc5)c4)cc3)cc2)cc1. The van der Waals surface area contributed by atoms with Crippen LogP contribution in [0.5, 0.6) is 0 Å².